The van der Waals surface area contributed by atoms with E-state index in [0.717, 1.165) is 6.92 Å². The van der Waals surface area contributed by atoms with Gasteiger partial charge in [0.1, 0.15) is 5.69 Å². The van der Waals surface area contributed by atoms with Gasteiger partial charge in [-0.2, -0.15) is 0 Å². The van der Waals surface area contributed by atoms with Gasteiger partial charge < -0.3 is 9.84 Å². The van der Waals surface area contributed by atoms with Crippen LogP contribution in [0.3, 0.4) is 0 Å². The summed E-state index contributed by atoms with van der Waals surface area (Å²) in [5, 5.41) is 9.98. The van der Waals surface area contributed by atoms with Crippen molar-refractivity contribution in [1.82, 2.24) is 9.78 Å². The van der Waals surface area contributed by atoms with Crippen LogP contribution in [-0.2, 0) is 16.6 Å². The van der Waals surface area contributed by atoms with Crippen molar-refractivity contribution in [2.75, 3.05) is 6.61 Å². The molecule has 16 heavy (non-hydrogen) atoms. The summed E-state index contributed by atoms with van der Waals surface area (Å²) in [6.07, 6.45) is 0. The molecule has 0 amide bonds. The second kappa shape index (κ2) is 6.44. The zero-order chi connectivity index (χ0) is 12.7. The summed E-state index contributed by atoms with van der Waals surface area (Å²) in [6, 6.07) is 1.21. The first-order valence-corrected chi connectivity index (χ1v) is 4.51. The largest absolute Gasteiger partial charge is 0.481 e. The van der Waals surface area contributed by atoms with Crippen LogP contribution < -0.4 is 5.56 Å². The Bertz CT molecular complexity index is 414. The quantitative estimate of drug-likeness (QED) is 0.695. The molecular formula is C9H14N2O5. The molecule has 1 rings (SSSR count). The van der Waals surface area contributed by atoms with Gasteiger partial charge in [0.05, 0.1) is 6.61 Å². The molecule has 0 atom stereocenters. The molecule has 1 aromatic heterocycles. The normalized spacial score (nSPS) is 8.94. The lowest BCUT2D eigenvalue weighted by atomic mass is 10.4. The summed E-state index contributed by atoms with van der Waals surface area (Å²) in [5.74, 6) is -1.34. The first kappa shape index (κ1) is 13.9. The number of aryl methyl sites for hydroxylation is 1. The summed E-state index contributed by atoms with van der Waals surface area (Å²) in [5.41, 5.74) is -0.0672. The summed E-state index contributed by atoms with van der Waals surface area (Å²) in [6.45, 7) is 3.09. The van der Waals surface area contributed by atoms with E-state index in [0.29, 0.717) is 6.61 Å². The van der Waals surface area contributed by atoms with Crippen LogP contribution in [0.2, 0.25) is 0 Å². The van der Waals surface area contributed by atoms with Crippen molar-refractivity contribution in [3.63, 3.8) is 0 Å². The van der Waals surface area contributed by atoms with Crippen LogP contribution in [-0.4, -0.2) is 33.4 Å². The van der Waals surface area contributed by atoms with Crippen LogP contribution in [0.25, 0.3) is 0 Å². The van der Waals surface area contributed by atoms with Crippen molar-refractivity contribution in [2.24, 2.45) is 7.05 Å². The number of carbonyl (C=O) groups is 2. The van der Waals surface area contributed by atoms with Gasteiger partial charge in [-0.3, -0.25) is 19.4 Å². The van der Waals surface area contributed by atoms with Gasteiger partial charge in [0, 0.05) is 20.0 Å². The van der Waals surface area contributed by atoms with E-state index < -0.39 is 11.9 Å². The minimum absolute atomic E-state index is 0.185. The number of aliphatic carboxylic acids is 1. The van der Waals surface area contributed by atoms with Gasteiger partial charge in [-0.05, 0) is 6.92 Å². The Balaban J connectivity index is 0.000000487. The van der Waals surface area contributed by atoms with Crippen molar-refractivity contribution in [1.29, 1.82) is 0 Å². The van der Waals surface area contributed by atoms with Crippen LogP contribution >= 0.6 is 0 Å². The van der Waals surface area contributed by atoms with Crippen LogP contribution in [0.4, 0.5) is 0 Å². The lowest BCUT2D eigenvalue weighted by Crippen LogP contribution is -2.10. The molecule has 0 aliphatic heterocycles. The van der Waals surface area contributed by atoms with E-state index in [1.54, 1.807) is 6.92 Å². The SMILES string of the molecule is CC(=O)O.CCOC(=O)c1cc(=O)n(C)[nH]1. The summed E-state index contributed by atoms with van der Waals surface area (Å²) in [7, 11) is 1.53. The fraction of sp³-hybridized carbons (Fsp3) is 0.444. The Kier molecular flexibility index (Phi) is 5.61. The number of hydrogen-bond acceptors (Lipinski definition) is 4. The average Bonchev–Trinajstić information content (AvgIpc) is 2.46. The molecule has 0 aliphatic carbocycles. The number of rotatable bonds is 2. The van der Waals surface area contributed by atoms with E-state index in [1.165, 1.54) is 17.8 Å². The van der Waals surface area contributed by atoms with Gasteiger partial charge >= 0.3 is 5.97 Å². The van der Waals surface area contributed by atoms with Gasteiger partial charge in [0.2, 0.25) is 0 Å². The average molecular weight is 230 g/mol. The number of carbonyl (C=O) groups excluding carboxylic acids is 1. The minimum Gasteiger partial charge on any atom is -0.481 e. The number of ether oxygens (including phenoxy) is 1. The Morgan fingerprint density at radius 1 is 1.56 bits per heavy atom. The lowest BCUT2D eigenvalue weighted by Gasteiger charge is -1.96. The van der Waals surface area contributed by atoms with Crippen LogP contribution in [0.1, 0.15) is 24.3 Å². The molecule has 0 aromatic carbocycles. The third kappa shape index (κ3) is 4.99. The minimum atomic E-state index is -0.833. The molecule has 1 heterocycles. The van der Waals surface area contributed by atoms with E-state index in [1.807, 2.05) is 0 Å². The van der Waals surface area contributed by atoms with Crippen molar-refractivity contribution in [3.05, 3.63) is 22.1 Å². The number of hydrogen-bond donors (Lipinski definition) is 2. The van der Waals surface area contributed by atoms with Gasteiger partial charge in [-0.25, -0.2) is 4.79 Å². The predicted molar refractivity (Wildman–Crippen MR) is 55.3 cm³/mol. The molecule has 0 fully saturated rings. The second-order valence-corrected chi connectivity index (χ2v) is 2.81. The standard InChI is InChI=1S/C7H10N2O3.C2H4O2/c1-3-12-7(11)5-4-6(10)9(2)8-5;1-2(3)4/h4,8H,3H2,1-2H3;1H3,(H,3,4). The molecule has 0 saturated heterocycles. The van der Waals surface area contributed by atoms with Crippen molar-refractivity contribution in [3.8, 4) is 0 Å². The van der Waals surface area contributed by atoms with Gasteiger partial charge in [0.25, 0.3) is 11.5 Å². The highest BCUT2D eigenvalue weighted by Gasteiger charge is 2.09. The van der Waals surface area contributed by atoms with Gasteiger partial charge in [0.15, 0.2) is 0 Å². The smallest absolute Gasteiger partial charge is 0.356 e. The van der Waals surface area contributed by atoms with Crippen LogP contribution in [0.5, 0.6) is 0 Å². The van der Waals surface area contributed by atoms with E-state index in [4.69, 9.17) is 9.90 Å². The lowest BCUT2D eigenvalue weighted by molar-refractivity contribution is -0.134. The zero-order valence-corrected chi connectivity index (χ0v) is 9.31. The Labute approximate surface area is 91.6 Å². The summed E-state index contributed by atoms with van der Waals surface area (Å²) >= 11 is 0. The Morgan fingerprint density at radius 2 is 2.06 bits per heavy atom. The highest BCUT2D eigenvalue weighted by Crippen LogP contribution is 1.92. The highest BCUT2D eigenvalue weighted by atomic mass is 16.5. The van der Waals surface area contributed by atoms with E-state index in [-0.39, 0.29) is 11.3 Å². The summed E-state index contributed by atoms with van der Waals surface area (Å²) in [4.78, 5) is 30.9. The van der Waals surface area contributed by atoms with Crippen LogP contribution in [0.15, 0.2) is 10.9 Å². The molecule has 1 aromatic rings. The first-order chi connectivity index (χ1) is 7.38. The molecule has 7 nitrogen and oxygen atoms in total. The number of carboxylic acid groups (broad SMARTS) is 1. The van der Waals surface area contributed by atoms with Crippen LogP contribution in [0, 0.1) is 0 Å². The number of nitrogens with zero attached hydrogens (tertiary/aromatic N) is 1. The zero-order valence-electron chi connectivity index (χ0n) is 9.31. The molecule has 0 radical (unpaired) electrons. The number of aromatic amines is 1. The molecule has 0 saturated carbocycles. The maximum absolute atomic E-state index is 11.0. The molecule has 0 spiro atoms. The van der Waals surface area contributed by atoms with E-state index in [9.17, 15) is 9.59 Å². The maximum atomic E-state index is 11.0. The number of esters is 1. The van der Waals surface area contributed by atoms with Gasteiger partial charge in [-0.1, -0.05) is 0 Å². The monoisotopic (exact) mass is 230 g/mol. The third-order valence-electron chi connectivity index (χ3n) is 1.38. The Hall–Kier alpha value is -2.05. The maximum Gasteiger partial charge on any atom is 0.356 e. The van der Waals surface area contributed by atoms with E-state index >= 15 is 0 Å². The molecule has 0 aliphatic rings. The number of aromatic nitrogens is 2. The Morgan fingerprint density at radius 3 is 2.38 bits per heavy atom. The molecular weight excluding hydrogens is 216 g/mol. The first-order valence-electron chi connectivity index (χ1n) is 4.51. The van der Waals surface area contributed by atoms with Crippen molar-refractivity contribution in [2.45, 2.75) is 13.8 Å². The highest BCUT2D eigenvalue weighted by molar-refractivity contribution is 5.86. The third-order valence-corrected chi connectivity index (χ3v) is 1.38. The van der Waals surface area contributed by atoms with Crippen molar-refractivity contribution < 1.29 is 19.4 Å². The predicted octanol–water partition coefficient (Wildman–Crippen LogP) is -0.0190. The topological polar surface area (TPSA) is 101 Å². The molecule has 90 valence electrons. The number of nitrogens with one attached hydrogen (secondary N) is 1. The van der Waals surface area contributed by atoms with Crippen molar-refractivity contribution >= 4 is 11.9 Å². The number of carboxylic acids is 1. The number of H-pyrrole nitrogens is 1. The van der Waals surface area contributed by atoms with E-state index in [2.05, 4.69) is 9.84 Å². The second-order valence-electron chi connectivity index (χ2n) is 2.81. The fourth-order valence-electron chi connectivity index (χ4n) is 0.802. The molecule has 7 heteroatoms. The molecule has 2 N–H and O–H groups in total. The fourth-order valence-corrected chi connectivity index (χ4v) is 0.802. The molecule has 0 bridgehead atoms. The van der Waals surface area contributed by atoms with Gasteiger partial charge in [-0.15, -0.1) is 0 Å². The summed E-state index contributed by atoms with van der Waals surface area (Å²) < 4.78 is 5.89. The molecule has 0 unspecified atom stereocenters.